The van der Waals surface area contributed by atoms with Crippen LogP contribution >= 0.6 is 0 Å². The van der Waals surface area contributed by atoms with Crippen LogP contribution < -0.4 is 4.90 Å². The summed E-state index contributed by atoms with van der Waals surface area (Å²) in [4.78, 5) is 2.39. The van der Waals surface area contributed by atoms with Crippen LogP contribution in [-0.4, -0.2) is 4.57 Å². The summed E-state index contributed by atoms with van der Waals surface area (Å²) in [5.74, 6) is 0. The molecule has 0 amide bonds. The van der Waals surface area contributed by atoms with Crippen molar-refractivity contribution in [3.63, 3.8) is 0 Å². The largest absolute Gasteiger partial charge is 0.456 e. The second-order valence-corrected chi connectivity index (χ2v) is 14.9. The normalized spacial score (nSPS) is 13.1. The van der Waals surface area contributed by atoms with Gasteiger partial charge in [-0.3, -0.25) is 0 Å². The highest BCUT2D eigenvalue weighted by atomic mass is 16.3. The predicted octanol–water partition coefficient (Wildman–Crippen LogP) is 14.1. The van der Waals surface area contributed by atoms with Gasteiger partial charge in [0.05, 0.1) is 22.4 Å². The van der Waals surface area contributed by atoms with Crippen LogP contribution in [-0.2, 0) is 5.41 Å². The summed E-state index contributed by atoms with van der Waals surface area (Å²) in [6.07, 6.45) is 0. The van der Waals surface area contributed by atoms with Gasteiger partial charge in [-0.2, -0.15) is 0 Å². The average Bonchev–Trinajstić information content (AvgIpc) is 3.83. The number of para-hydroxylation sites is 3. The first-order valence-electron chi connectivity index (χ1n) is 18.7. The standard InChI is InChI=1S/C51H36N2O/c1-51(2)42-21-10-6-20-41(42)50-43(51)22-14-25-46(50)53-45-24-12-8-18-37(45)38-29-27-34(31-47(38)53)52(44-23-11-7-17-36(44)33-15-4-3-5-16-33)35-28-30-40-39-19-9-13-26-48(39)54-49(40)32-35/h3-32H,1-2H3. The molecule has 10 aromatic rings. The summed E-state index contributed by atoms with van der Waals surface area (Å²) < 4.78 is 8.97. The maximum absolute atomic E-state index is 6.47. The lowest BCUT2D eigenvalue weighted by molar-refractivity contribution is 0.660. The van der Waals surface area contributed by atoms with Crippen molar-refractivity contribution < 1.29 is 4.42 Å². The van der Waals surface area contributed by atoms with Crippen LogP contribution in [0, 0.1) is 0 Å². The van der Waals surface area contributed by atoms with E-state index in [9.17, 15) is 0 Å². The molecule has 0 saturated heterocycles. The topological polar surface area (TPSA) is 21.3 Å². The van der Waals surface area contributed by atoms with Crippen LogP contribution in [0.2, 0.25) is 0 Å². The second kappa shape index (κ2) is 11.6. The minimum Gasteiger partial charge on any atom is -0.456 e. The Morgan fingerprint density at radius 1 is 0.463 bits per heavy atom. The first-order chi connectivity index (χ1) is 26.6. The monoisotopic (exact) mass is 692 g/mol. The van der Waals surface area contributed by atoms with Gasteiger partial charge in [-0.05, 0) is 70.8 Å². The van der Waals surface area contributed by atoms with Crippen LogP contribution in [0.3, 0.4) is 0 Å². The molecule has 0 atom stereocenters. The van der Waals surface area contributed by atoms with Gasteiger partial charge in [0, 0.05) is 55.5 Å². The maximum atomic E-state index is 6.47. The average molecular weight is 693 g/mol. The molecule has 0 N–H and O–H groups in total. The van der Waals surface area contributed by atoms with E-state index in [-0.39, 0.29) is 5.41 Å². The van der Waals surface area contributed by atoms with Crippen LogP contribution in [0.5, 0.6) is 0 Å². The van der Waals surface area contributed by atoms with Gasteiger partial charge < -0.3 is 13.9 Å². The lowest BCUT2D eigenvalue weighted by Crippen LogP contribution is -2.15. The van der Waals surface area contributed by atoms with Crippen molar-refractivity contribution in [1.29, 1.82) is 0 Å². The molecule has 0 spiro atoms. The minimum atomic E-state index is -0.0981. The van der Waals surface area contributed by atoms with Gasteiger partial charge >= 0.3 is 0 Å². The van der Waals surface area contributed by atoms with E-state index in [0.29, 0.717) is 0 Å². The Morgan fingerprint density at radius 3 is 1.96 bits per heavy atom. The summed E-state index contributed by atoms with van der Waals surface area (Å²) in [5.41, 5.74) is 16.1. The third-order valence-corrected chi connectivity index (χ3v) is 11.6. The Hall–Kier alpha value is -6.84. The maximum Gasteiger partial charge on any atom is 0.137 e. The lowest BCUT2D eigenvalue weighted by Gasteiger charge is -2.28. The van der Waals surface area contributed by atoms with E-state index >= 15 is 0 Å². The first kappa shape index (κ1) is 30.8. The summed E-state index contributed by atoms with van der Waals surface area (Å²) in [6, 6.07) is 65.9. The summed E-state index contributed by atoms with van der Waals surface area (Å²) in [5, 5.41) is 4.70. The third kappa shape index (κ3) is 4.42. The molecule has 0 saturated carbocycles. The van der Waals surface area contributed by atoms with Gasteiger partial charge in [-0.25, -0.2) is 0 Å². The van der Waals surface area contributed by atoms with Crippen molar-refractivity contribution in [3.05, 3.63) is 193 Å². The second-order valence-electron chi connectivity index (χ2n) is 14.9. The fraction of sp³-hybridized carbons (Fsp3) is 0.0588. The predicted molar refractivity (Wildman–Crippen MR) is 226 cm³/mol. The summed E-state index contributed by atoms with van der Waals surface area (Å²) >= 11 is 0. The van der Waals surface area contributed by atoms with Crippen molar-refractivity contribution in [2.24, 2.45) is 0 Å². The quantitative estimate of drug-likeness (QED) is 0.179. The van der Waals surface area contributed by atoms with Crippen LogP contribution in [0.15, 0.2) is 186 Å². The smallest absolute Gasteiger partial charge is 0.137 e. The number of hydrogen-bond donors (Lipinski definition) is 0. The highest BCUT2D eigenvalue weighted by Crippen LogP contribution is 2.52. The summed E-state index contributed by atoms with van der Waals surface area (Å²) in [6.45, 7) is 4.71. The van der Waals surface area contributed by atoms with Crippen molar-refractivity contribution in [1.82, 2.24) is 4.57 Å². The van der Waals surface area contributed by atoms with Crippen LogP contribution in [0.1, 0.15) is 25.0 Å². The Morgan fingerprint density at radius 2 is 1.09 bits per heavy atom. The molecule has 3 heteroatoms. The van der Waals surface area contributed by atoms with E-state index in [2.05, 4.69) is 193 Å². The molecular weight excluding hydrogens is 657 g/mol. The minimum absolute atomic E-state index is 0.0981. The molecule has 2 heterocycles. The fourth-order valence-electron chi connectivity index (χ4n) is 9.09. The summed E-state index contributed by atoms with van der Waals surface area (Å²) in [7, 11) is 0. The Bertz CT molecular complexity index is 3090. The number of rotatable bonds is 5. The van der Waals surface area contributed by atoms with Crippen molar-refractivity contribution in [2.45, 2.75) is 19.3 Å². The zero-order valence-electron chi connectivity index (χ0n) is 30.1. The van der Waals surface area contributed by atoms with Crippen LogP contribution in [0.4, 0.5) is 17.1 Å². The van der Waals surface area contributed by atoms with Gasteiger partial charge in [-0.1, -0.05) is 141 Å². The van der Waals surface area contributed by atoms with E-state index in [1.807, 2.05) is 12.1 Å². The zero-order chi connectivity index (χ0) is 36.0. The van der Waals surface area contributed by atoms with Gasteiger partial charge in [0.25, 0.3) is 0 Å². The molecule has 0 radical (unpaired) electrons. The number of nitrogens with zero attached hydrogens (tertiary/aromatic N) is 2. The first-order valence-corrected chi connectivity index (χ1v) is 18.7. The third-order valence-electron chi connectivity index (χ3n) is 11.6. The SMILES string of the molecule is CC1(C)c2ccccc2-c2c(-n3c4ccccc4c4ccc(N(c5ccc6c(c5)oc5ccccc56)c5ccccc5-c5ccccc5)cc43)cccc21. The number of furan rings is 1. The molecule has 0 unspecified atom stereocenters. The number of hydrogen-bond acceptors (Lipinski definition) is 2. The van der Waals surface area contributed by atoms with E-state index in [1.165, 1.54) is 49.8 Å². The molecule has 0 aliphatic heterocycles. The van der Waals surface area contributed by atoms with Crippen molar-refractivity contribution >= 4 is 60.8 Å². The fourth-order valence-corrected chi connectivity index (χ4v) is 9.09. The highest BCUT2D eigenvalue weighted by Gasteiger charge is 2.37. The molecule has 11 rings (SSSR count). The Balaban J connectivity index is 1.20. The molecule has 54 heavy (non-hydrogen) atoms. The highest BCUT2D eigenvalue weighted by molar-refractivity contribution is 6.12. The van der Waals surface area contributed by atoms with Gasteiger partial charge in [0.15, 0.2) is 0 Å². The van der Waals surface area contributed by atoms with Gasteiger partial charge in [0.1, 0.15) is 11.2 Å². The molecule has 0 fully saturated rings. The van der Waals surface area contributed by atoms with E-state index in [4.69, 9.17) is 4.42 Å². The van der Waals surface area contributed by atoms with Gasteiger partial charge in [0.2, 0.25) is 0 Å². The molecular formula is C51H36N2O. The molecule has 256 valence electrons. The molecule has 3 nitrogen and oxygen atoms in total. The molecule has 1 aliphatic carbocycles. The zero-order valence-corrected chi connectivity index (χ0v) is 30.1. The number of aromatic nitrogens is 1. The number of benzene rings is 8. The Labute approximate surface area is 314 Å². The van der Waals surface area contributed by atoms with Gasteiger partial charge in [-0.15, -0.1) is 0 Å². The molecule has 0 bridgehead atoms. The Kier molecular flexibility index (Phi) is 6.60. The van der Waals surface area contributed by atoms with Crippen molar-refractivity contribution in [2.75, 3.05) is 4.90 Å². The molecule has 2 aromatic heterocycles. The van der Waals surface area contributed by atoms with E-state index < -0.39 is 0 Å². The van der Waals surface area contributed by atoms with Crippen LogP contribution in [0.25, 0.3) is 71.7 Å². The molecule has 8 aromatic carbocycles. The lowest BCUT2D eigenvalue weighted by atomic mass is 9.82. The van der Waals surface area contributed by atoms with E-state index in [0.717, 1.165) is 50.1 Å². The van der Waals surface area contributed by atoms with E-state index in [1.54, 1.807) is 0 Å². The molecule has 1 aliphatic rings. The number of anilines is 3. The number of fused-ring (bicyclic) bond motifs is 9. The van der Waals surface area contributed by atoms with Crippen molar-refractivity contribution in [3.8, 4) is 27.9 Å².